The van der Waals surface area contributed by atoms with Crippen molar-refractivity contribution in [2.45, 2.75) is 31.1 Å². The monoisotopic (exact) mass is 368 g/mol. The normalized spacial score (nSPS) is 11.5. The Bertz CT molecular complexity index is 1040. The SMILES string of the molecule is [C-]#[N+]c1ccc2[nH]cc(CCCCOS(=O)(=O)c3ccc(C)cc3)c2c1. The molecule has 0 fully saturated rings. The van der Waals surface area contributed by atoms with E-state index in [2.05, 4.69) is 9.83 Å². The van der Waals surface area contributed by atoms with Gasteiger partial charge in [0.2, 0.25) is 0 Å². The lowest BCUT2D eigenvalue weighted by molar-refractivity contribution is 0.308. The van der Waals surface area contributed by atoms with Crippen molar-refractivity contribution in [2.75, 3.05) is 6.61 Å². The molecule has 5 nitrogen and oxygen atoms in total. The summed E-state index contributed by atoms with van der Waals surface area (Å²) in [4.78, 5) is 6.85. The summed E-state index contributed by atoms with van der Waals surface area (Å²) in [5.74, 6) is 0. The Morgan fingerprint density at radius 2 is 1.88 bits per heavy atom. The highest BCUT2D eigenvalue weighted by atomic mass is 32.2. The maximum absolute atomic E-state index is 12.1. The fraction of sp³-hybridized carbons (Fsp3) is 0.250. The van der Waals surface area contributed by atoms with E-state index in [1.807, 2.05) is 25.3 Å². The third-order valence-electron chi connectivity index (χ3n) is 4.27. The molecule has 26 heavy (non-hydrogen) atoms. The van der Waals surface area contributed by atoms with Crippen molar-refractivity contribution in [1.29, 1.82) is 0 Å². The number of unbranched alkanes of at least 4 members (excludes halogenated alkanes) is 1. The van der Waals surface area contributed by atoms with Crippen LogP contribution < -0.4 is 0 Å². The van der Waals surface area contributed by atoms with E-state index in [0.29, 0.717) is 12.1 Å². The Morgan fingerprint density at radius 3 is 2.62 bits per heavy atom. The van der Waals surface area contributed by atoms with Crippen molar-refractivity contribution in [3.05, 3.63) is 71.2 Å². The predicted molar refractivity (Wildman–Crippen MR) is 102 cm³/mol. The summed E-state index contributed by atoms with van der Waals surface area (Å²) < 4.78 is 29.4. The van der Waals surface area contributed by atoms with Gasteiger partial charge in [-0.3, -0.25) is 4.18 Å². The summed E-state index contributed by atoms with van der Waals surface area (Å²) in [7, 11) is -3.69. The molecule has 0 saturated heterocycles. The number of fused-ring (bicyclic) bond motifs is 1. The minimum Gasteiger partial charge on any atom is -0.361 e. The quantitative estimate of drug-likeness (QED) is 0.372. The molecule has 3 aromatic rings. The molecule has 0 saturated carbocycles. The summed E-state index contributed by atoms with van der Waals surface area (Å²) in [6, 6.07) is 12.2. The smallest absolute Gasteiger partial charge is 0.296 e. The number of aromatic nitrogens is 1. The standard InChI is InChI=1S/C20H20N2O3S/c1-15-6-9-18(10-7-15)26(23,24)25-12-4-3-5-16-14-22-20-11-8-17(21-2)13-19(16)20/h6-11,13-14,22H,3-5,12H2,1H3. The number of hydrogen-bond donors (Lipinski definition) is 1. The summed E-state index contributed by atoms with van der Waals surface area (Å²) >= 11 is 0. The van der Waals surface area contributed by atoms with Gasteiger partial charge < -0.3 is 4.98 Å². The number of nitrogens with one attached hydrogen (secondary N) is 1. The molecule has 1 heterocycles. The number of hydrogen-bond acceptors (Lipinski definition) is 3. The molecule has 0 radical (unpaired) electrons. The highest BCUT2D eigenvalue weighted by Crippen LogP contribution is 2.25. The zero-order chi connectivity index (χ0) is 18.6. The lowest BCUT2D eigenvalue weighted by Crippen LogP contribution is -2.07. The maximum Gasteiger partial charge on any atom is 0.296 e. The number of benzene rings is 2. The van der Waals surface area contributed by atoms with E-state index >= 15 is 0 Å². The lowest BCUT2D eigenvalue weighted by Gasteiger charge is -2.06. The van der Waals surface area contributed by atoms with Crippen LogP contribution >= 0.6 is 0 Å². The van der Waals surface area contributed by atoms with E-state index in [9.17, 15) is 8.42 Å². The van der Waals surface area contributed by atoms with Gasteiger partial charge in [-0.1, -0.05) is 23.8 Å². The molecule has 0 unspecified atom stereocenters. The largest absolute Gasteiger partial charge is 0.361 e. The molecule has 0 spiro atoms. The number of nitrogens with zero attached hydrogens (tertiary/aromatic N) is 1. The Hall–Kier alpha value is -2.62. The van der Waals surface area contributed by atoms with Crippen LogP contribution in [0.4, 0.5) is 5.69 Å². The first-order valence-corrected chi connectivity index (χ1v) is 9.84. The van der Waals surface area contributed by atoms with Crippen LogP contribution in [0.15, 0.2) is 53.6 Å². The van der Waals surface area contributed by atoms with Gasteiger partial charge in [-0.25, -0.2) is 4.85 Å². The van der Waals surface area contributed by atoms with Gasteiger partial charge in [0.25, 0.3) is 10.1 Å². The number of rotatable bonds is 7. The third kappa shape index (κ3) is 4.13. The van der Waals surface area contributed by atoms with Crippen molar-refractivity contribution in [3.8, 4) is 0 Å². The van der Waals surface area contributed by atoms with Crippen molar-refractivity contribution >= 4 is 26.7 Å². The van der Waals surface area contributed by atoms with Gasteiger partial charge in [0.15, 0.2) is 5.69 Å². The molecular formula is C20H20N2O3S. The molecule has 0 aliphatic heterocycles. The first kappa shape index (κ1) is 18.2. The first-order valence-electron chi connectivity index (χ1n) is 8.43. The van der Waals surface area contributed by atoms with E-state index in [-0.39, 0.29) is 11.5 Å². The molecule has 0 atom stereocenters. The van der Waals surface area contributed by atoms with Crippen LogP contribution in [0.25, 0.3) is 15.7 Å². The second-order valence-corrected chi connectivity index (χ2v) is 7.82. The molecule has 134 valence electrons. The van der Waals surface area contributed by atoms with E-state index in [0.717, 1.165) is 34.9 Å². The molecular weight excluding hydrogens is 348 g/mol. The summed E-state index contributed by atoms with van der Waals surface area (Å²) in [6.07, 6.45) is 4.19. The molecule has 3 rings (SSSR count). The minimum atomic E-state index is -3.69. The second-order valence-electron chi connectivity index (χ2n) is 6.20. The average Bonchev–Trinajstić information content (AvgIpc) is 3.04. The number of H-pyrrole nitrogens is 1. The number of aromatic amines is 1. The van der Waals surface area contributed by atoms with Gasteiger partial charge in [0.1, 0.15) is 0 Å². The topological polar surface area (TPSA) is 63.5 Å². The molecule has 0 bridgehead atoms. The van der Waals surface area contributed by atoms with Gasteiger partial charge in [0.05, 0.1) is 18.1 Å². The molecule has 1 N–H and O–H groups in total. The minimum absolute atomic E-state index is 0.159. The van der Waals surface area contributed by atoms with E-state index in [1.54, 1.807) is 30.3 Å². The Morgan fingerprint density at radius 1 is 1.12 bits per heavy atom. The Labute approximate surface area is 153 Å². The average molecular weight is 368 g/mol. The van der Waals surface area contributed by atoms with Crippen molar-refractivity contribution < 1.29 is 12.6 Å². The molecule has 6 heteroatoms. The highest BCUT2D eigenvalue weighted by molar-refractivity contribution is 7.86. The van der Waals surface area contributed by atoms with Crippen LogP contribution in [-0.2, 0) is 20.7 Å². The summed E-state index contributed by atoms with van der Waals surface area (Å²) in [6.45, 7) is 9.18. The number of aryl methyl sites for hydroxylation is 2. The lowest BCUT2D eigenvalue weighted by atomic mass is 10.1. The van der Waals surface area contributed by atoms with Crippen LogP contribution in [0.2, 0.25) is 0 Å². The first-order chi connectivity index (χ1) is 12.5. The molecule has 2 aromatic carbocycles. The Kier molecular flexibility index (Phi) is 5.40. The van der Waals surface area contributed by atoms with Gasteiger partial charge in [-0.05, 0) is 61.4 Å². The van der Waals surface area contributed by atoms with E-state index in [4.69, 9.17) is 10.8 Å². The highest BCUT2D eigenvalue weighted by Gasteiger charge is 2.14. The fourth-order valence-electron chi connectivity index (χ4n) is 2.80. The van der Waals surface area contributed by atoms with Crippen LogP contribution in [0.3, 0.4) is 0 Å². The van der Waals surface area contributed by atoms with E-state index in [1.165, 1.54) is 0 Å². The van der Waals surface area contributed by atoms with Crippen molar-refractivity contribution in [1.82, 2.24) is 4.98 Å². The van der Waals surface area contributed by atoms with E-state index < -0.39 is 10.1 Å². The van der Waals surface area contributed by atoms with Gasteiger partial charge in [-0.15, -0.1) is 0 Å². The van der Waals surface area contributed by atoms with Crippen molar-refractivity contribution in [2.24, 2.45) is 0 Å². The van der Waals surface area contributed by atoms with Crippen LogP contribution in [0.5, 0.6) is 0 Å². The molecule has 1 aromatic heterocycles. The zero-order valence-electron chi connectivity index (χ0n) is 14.5. The van der Waals surface area contributed by atoms with Gasteiger partial charge >= 0.3 is 0 Å². The van der Waals surface area contributed by atoms with Crippen LogP contribution in [0, 0.1) is 13.5 Å². The summed E-state index contributed by atoms with van der Waals surface area (Å²) in [5, 5.41) is 1.05. The second kappa shape index (κ2) is 7.73. The van der Waals surface area contributed by atoms with Gasteiger partial charge in [0, 0.05) is 11.7 Å². The molecule has 0 aliphatic rings. The molecule has 0 aliphatic carbocycles. The fourth-order valence-corrected chi connectivity index (χ4v) is 3.74. The van der Waals surface area contributed by atoms with Gasteiger partial charge in [-0.2, -0.15) is 8.42 Å². The molecule has 0 amide bonds. The summed E-state index contributed by atoms with van der Waals surface area (Å²) in [5.41, 5.74) is 3.76. The zero-order valence-corrected chi connectivity index (χ0v) is 15.3. The Balaban J connectivity index is 1.53. The van der Waals surface area contributed by atoms with Crippen LogP contribution in [-0.4, -0.2) is 20.0 Å². The predicted octanol–water partition coefficient (Wildman–Crippen LogP) is 4.76. The third-order valence-corrected chi connectivity index (χ3v) is 5.60. The van der Waals surface area contributed by atoms with Crippen LogP contribution in [0.1, 0.15) is 24.0 Å². The maximum atomic E-state index is 12.1. The van der Waals surface area contributed by atoms with Crippen molar-refractivity contribution in [3.63, 3.8) is 0 Å².